The maximum absolute atomic E-state index is 13.7. The molecule has 0 unspecified atom stereocenters. The van der Waals surface area contributed by atoms with E-state index in [2.05, 4.69) is 12.0 Å². The molecule has 5 rings (SSSR count). The van der Waals surface area contributed by atoms with E-state index in [-0.39, 0.29) is 17.8 Å². The zero-order valence-corrected chi connectivity index (χ0v) is 18.4. The smallest absolute Gasteiger partial charge is 0.254 e. The highest BCUT2D eigenvalue weighted by Crippen LogP contribution is 2.27. The highest BCUT2D eigenvalue weighted by molar-refractivity contribution is 6.06. The summed E-state index contributed by atoms with van der Waals surface area (Å²) in [6.07, 6.45) is 2.59. The van der Waals surface area contributed by atoms with E-state index in [0.717, 1.165) is 17.5 Å². The molecule has 1 fully saturated rings. The first-order valence-corrected chi connectivity index (χ1v) is 11.2. The molecule has 1 aliphatic rings. The molecule has 33 heavy (non-hydrogen) atoms. The van der Waals surface area contributed by atoms with Gasteiger partial charge in [0.25, 0.3) is 5.91 Å². The molecule has 4 aromatic rings. The molecule has 3 heterocycles. The summed E-state index contributed by atoms with van der Waals surface area (Å²) in [5.74, 6) is -0.345. The molecule has 1 atom stereocenters. The van der Waals surface area contributed by atoms with Gasteiger partial charge in [0.2, 0.25) is 0 Å². The van der Waals surface area contributed by atoms with Crippen LogP contribution in [0.3, 0.4) is 0 Å². The van der Waals surface area contributed by atoms with Gasteiger partial charge in [0, 0.05) is 18.7 Å². The predicted molar refractivity (Wildman–Crippen MR) is 124 cm³/mol. The summed E-state index contributed by atoms with van der Waals surface area (Å²) in [7, 11) is 0. The van der Waals surface area contributed by atoms with Crippen molar-refractivity contribution in [1.82, 2.24) is 19.7 Å². The van der Waals surface area contributed by atoms with Crippen molar-refractivity contribution in [1.29, 1.82) is 0 Å². The van der Waals surface area contributed by atoms with Crippen molar-refractivity contribution in [2.45, 2.75) is 26.0 Å². The number of hydrogen-bond donors (Lipinski definition) is 0. The van der Waals surface area contributed by atoms with E-state index in [9.17, 15) is 9.18 Å². The molecule has 0 aliphatic carbocycles. The number of hydrogen-bond acceptors (Lipinski definition) is 4. The third-order valence-corrected chi connectivity index (χ3v) is 6.01. The Balaban J connectivity index is 1.60. The van der Waals surface area contributed by atoms with Crippen LogP contribution in [-0.2, 0) is 11.3 Å². The second-order valence-electron chi connectivity index (χ2n) is 8.24. The topological polar surface area (TPSA) is 60.2 Å². The minimum Gasteiger partial charge on any atom is -0.375 e. The van der Waals surface area contributed by atoms with Crippen molar-refractivity contribution >= 4 is 16.9 Å². The zero-order valence-electron chi connectivity index (χ0n) is 18.4. The highest BCUT2D eigenvalue weighted by atomic mass is 19.1. The van der Waals surface area contributed by atoms with Crippen molar-refractivity contribution in [3.05, 3.63) is 83.8 Å². The molecule has 7 heteroatoms. The van der Waals surface area contributed by atoms with E-state index >= 15 is 0 Å². The number of nitrogens with zero attached hydrogens (tertiary/aromatic N) is 4. The maximum atomic E-state index is 13.7. The molecule has 1 amide bonds. The second-order valence-corrected chi connectivity index (χ2v) is 8.24. The average Bonchev–Trinajstić information content (AvgIpc) is 3.26. The predicted octanol–water partition coefficient (Wildman–Crippen LogP) is 4.54. The maximum Gasteiger partial charge on any atom is 0.254 e. The molecular formula is C26H25FN4O2. The van der Waals surface area contributed by atoms with Gasteiger partial charge < -0.3 is 9.64 Å². The third kappa shape index (κ3) is 4.36. The van der Waals surface area contributed by atoms with Gasteiger partial charge in [-0.2, -0.15) is 5.10 Å². The first-order valence-electron chi connectivity index (χ1n) is 11.2. The molecule has 2 aromatic carbocycles. The summed E-state index contributed by atoms with van der Waals surface area (Å²) in [6.45, 7) is 4.07. The fourth-order valence-electron chi connectivity index (χ4n) is 4.23. The number of rotatable bonds is 5. The number of amides is 1. The summed E-state index contributed by atoms with van der Waals surface area (Å²) in [4.78, 5) is 20.3. The van der Waals surface area contributed by atoms with Gasteiger partial charge in [-0.15, -0.1) is 0 Å². The second kappa shape index (κ2) is 9.11. The Hall–Kier alpha value is -3.58. The molecule has 0 spiro atoms. The molecule has 6 nitrogen and oxygen atoms in total. The number of carbonyl (C=O) groups excluding carboxylic acids is 1. The lowest BCUT2D eigenvalue weighted by molar-refractivity contribution is -0.0225. The Bertz CT molecular complexity index is 1290. The first-order chi connectivity index (χ1) is 16.1. The number of halogens is 1. The number of pyridine rings is 1. The van der Waals surface area contributed by atoms with E-state index in [1.54, 1.807) is 16.9 Å². The number of aromatic nitrogens is 3. The molecule has 0 N–H and O–H groups in total. The lowest BCUT2D eigenvalue weighted by Crippen LogP contribution is -2.45. The van der Waals surface area contributed by atoms with Crippen molar-refractivity contribution in [3.63, 3.8) is 0 Å². The molecule has 1 aliphatic heterocycles. The minimum absolute atomic E-state index is 0.0457. The van der Waals surface area contributed by atoms with Crippen molar-refractivity contribution in [2.75, 3.05) is 19.7 Å². The fraction of sp³-hybridized carbons (Fsp3) is 0.269. The summed E-state index contributed by atoms with van der Waals surface area (Å²) < 4.78 is 21.2. The zero-order chi connectivity index (χ0) is 22.8. The Morgan fingerprint density at radius 2 is 2.00 bits per heavy atom. The van der Waals surface area contributed by atoms with Crippen molar-refractivity contribution < 1.29 is 13.9 Å². The van der Waals surface area contributed by atoms with Gasteiger partial charge in [0.1, 0.15) is 5.82 Å². The van der Waals surface area contributed by atoms with Gasteiger partial charge in [-0.1, -0.05) is 49.4 Å². The number of ether oxygens (including phenoxy) is 1. The normalized spacial score (nSPS) is 16.3. The minimum atomic E-state index is -0.296. The van der Waals surface area contributed by atoms with Crippen LogP contribution < -0.4 is 0 Å². The molecular weight excluding hydrogens is 419 g/mol. The summed E-state index contributed by atoms with van der Waals surface area (Å²) in [6, 6.07) is 18.1. The van der Waals surface area contributed by atoms with E-state index in [1.165, 1.54) is 12.1 Å². The standard InChI is InChI=1S/C26H25FN4O2/c1-2-21-17-30(11-12-33-21)26(32)22-14-24(19-8-4-3-5-9-19)29-25-23(22)15-28-31(25)16-18-7-6-10-20(27)13-18/h3-10,13-15,21H,2,11-12,16-17H2,1H3/t21-/m1/s1. The van der Waals surface area contributed by atoms with Gasteiger partial charge in [0.05, 0.1) is 42.1 Å². The molecule has 168 valence electrons. The lowest BCUT2D eigenvalue weighted by atomic mass is 10.1. The highest BCUT2D eigenvalue weighted by Gasteiger charge is 2.27. The Kier molecular flexibility index (Phi) is 5.88. The molecule has 2 aromatic heterocycles. The third-order valence-electron chi connectivity index (χ3n) is 6.01. The van der Waals surface area contributed by atoms with Crippen LogP contribution in [0.15, 0.2) is 66.9 Å². The van der Waals surface area contributed by atoms with E-state index in [1.807, 2.05) is 47.4 Å². The summed E-state index contributed by atoms with van der Waals surface area (Å²) in [5.41, 5.74) is 3.57. The van der Waals surface area contributed by atoms with Crippen LogP contribution >= 0.6 is 0 Å². The van der Waals surface area contributed by atoms with Gasteiger partial charge in [-0.25, -0.2) is 14.1 Å². The van der Waals surface area contributed by atoms with Crippen LogP contribution in [-0.4, -0.2) is 51.4 Å². The molecule has 0 bridgehead atoms. The van der Waals surface area contributed by atoms with Gasteiger partial charge in [-0.05, 0) is 30.2 Å². The summed E-state index contributed by atoms with van der Waals surface area (Å²) in [5, 5.41) is 5.20. The van der Waals surface area contributed by atoms with Crippen LogP contribution in [0.25, 0.3) is 22.3 Å². The van der Waals surface area contributed by atoms with Crippen LogP contribution in [0.2, 0.25) is 0 Å². The number of benzene rings is 2. The van der Waals surface area contributed by atoms with Crippen LogP contribution in [0.4, 0.5) is 4.39 Å². The number of carbonyl (C=O) groups is 1. The van der Waals surface area contributed by atoms with Gasteiger partial charge in [0.15, 0.2) is 5.65 Å². The molecule has 0 radical (unpaired) electrons. The van der Waals surface area contributed by atoms with E-state index in [0.29, 0.717) is 48.5 Å². The van der Waals surface area contributed by atoms with E-state index in [4.69, 9.17) is 9.72 Å². The molecule has 0 saturated carbocycles. The Morgan fingerprint density at radius 1 is 1.15 bits per heavy atom. The Morgan fingerprint density at radius 3 is 2.79 bits per heavy atom. The fourth-order valence-corrected chi connectivity index (χ4v) is 4.23. The number of fused-ring (bicyclic) bond motifs is 1. The largest absolute Gasteiger partial charge is 0.375 e. The monoisotopic (exact) mass is 444 g/mol. The average molecular weight is 445 g/mol. The lowest BCUT2D eigenvalue weighted by Gasteiger charge is -2.32. The van der Waals surface area contributed by atoms with Crippen LogP contribution in [0.5, 0.6) is 0 Å². The first kappa shape index (κ1) is 21.3. The van der Waals surface area contributed by atoms with E-state index < -0.39 is 0 Å². The van der Waals surface area contributed by atoms with Crippen LogP contribution in [0.1, 0.15) is 29.3 Å². The molecule has 1 saturated heterocycles. The Labute approximate surface area is 191 Å². The quantitative estimate of drug-likeness (QED) is 0.454. The van der Waals surface area contributed by atoms with Gasteiger partial charge in [-0.3, -0.25) is 4.79 Å². The summed E-state index contributed by atoms with van der Waals surface area (Å²) >= 11 is 0. The van der Waals surface area contributed by atoms with Crippen LogP contribution in [0, 0.1) is 5.82 Å². The van der Waals surface area contributed by atoms with Gasteiger partial charge >= 0.3 is 0 Å². The van der Waals surface area contributed by atoms with Crippen molar-refractivity contribution in [2.24, 2.45) is 0 Å². The number of morpholine rings is 1. The SMILES string of the molecule is CC[C@@H]1CN(C(=O)c2cc(-c3ccccc3)nc3c2cnn3Cc2cccc(F)c2)CCO1. The van der Waals surface area contributed by atoms with Crippen molar-refractivity contribution in [3.8, 4) is 11.3 Å².